The van der Waals surface area contributed by atoms with Crippen LogP contribution in [0.2, 0.25) is 0 Å². The van der Waals surface area contributed by atoms with Gasteiger partial charge in [0.1, 0.15) is 0 Å². The summed E-state index contributed by atoms with van der Waals surface area (Å²) in [6.07, 6.45) is 2.99. The summed E-state index contributed by atoms with van der Waals surface area (Å²) in [6.45, 7) is 4.38. The van der Waals surface area contributed by atoms with Crippen molar-refractivity contribution in [2.45, 2.75) is 13.0 Å². The minimum Gasteiger partial charge on any atom is -0.449 e. The molecule has 1 atom stereocenters. The average Bonchev–Trinajstić information content (AvgIpc) is 3.34. The Morgan fingerprint density at radius 2 is 1.50 bits per heavy atom. The SMILES string of the molecule is C[C@H](OC(=O)c1cccc(-n2cccc2)c1)C(=O)N1CCN(c2ccccc2)CC1. The fourth-order valence-corrected chi connectivity index (χ4v) is 3.66. The number of hydrogen-bond donors (Lipinski definition) is 0. The van der Waals surface area contributed by atoms with E-state index in [1.165, 1.54) is 0 Å². The fourth-order valence-electron chi connectivity index (χ4n) is 3.66. The van der Waals surface area contributed by atoms with Crippen molar-refractivity contribution in [2.24, 2.45) is 0 Å². The Bertz CT molecular complexity index is 994. The summed E-state index contributed by atoms with van der Waals surface area (Å²) in [5.41, 5.74) is 2.45. The van der Waals surface area contributed by atoms with E-state index < -0.39 is 12.1 Å². The highest BCUT2D eigenvalue weighted by Gasteiger charge is 2.27. The normalized spacial score (nSPS) is 15.0. The third-order valence-electron chi connectivity index (χ3n) is 5.33. The second kappa shape index (κ2) is 8.86. The summed E-state index contributed by atoms with van der Waals surface area (Å²) in [6, 6.07) is 21.2. The molecule has 0 N–H and O–H groups in total. The van der Waals surface area contributed by atoms with Crippen LogP contribution in [0.5, 0.6) is 0 Å². The van der Waals surface area contributed by atoms with E-state index in [4.69, 9.17) is 4.74 Å². The monoisotopic (exact) mass is 403 g/mol. The minimum atomic E-state index is -0.823. The first-order valence-electron chi connectivity index (χ1n) is 10.1. The molecule has 6 nitrogen and oxygen atoms in total. The zero-order chi connectivity index (χ0) is 20.9. The molecule has 1 aliphatic heterocycles. The summed E-state index contributed by atoms with van der Waals surface area (Å²) >= 11 is 0. The molecule has 2 aromatic carbocycles. The lowest BCUT2D eigenvalue weighted by atomic mass is 10.2. The van der Waals surface area contributed by atoms with Crippen molar-refractivity contribution < 1.29 is 14.3 Å². The highest BCUT2D eigenvalue weighted by molar-refractivity contribution is 5.92. The van der Waals surface area contributed by atoms with Crippen LogP contribution in [0, 0.1) is 0 Å². The largest absolute Gasteiger partial charge is 0.449 e. The maximum Gasteiger partial charge on any atom is 0.338 e. The van der Waals surface area contributed by atoms with Gasteiger partial charge < -0.3 is 19.1 Å². The second-order valence-electron chi connectivity index (χ2n) is 7.34. The van der Waals surface area contributed by atoms with Crippen LogP contribution in [0.25, 0.3) is 5.69 Å². The number of para-hydroxylation sites is 1. The third kappa shape index (κ3) is 4.38. The van der Waals surface area contributed by atoms with E-state index in [1.54, 1.807) is 30.0 Å². The number of benzene rings is 2. The van der Waals surface area contributed by atoms with Crippen LogP contribution in [-0.4, -0.2) is 53.6 Å². The molecule has 154 valence electrons. The highest BCUT2D eigenvalue weighted by atomic mass is 16.5. The van der Waals surface area contributed by atoms with Gasteiger partial charge in [-0.2, -0.15) is 0 Å². The van der Waals surface area contributed by atoms with E-state index in [-0.39, 0.29) is 5.91 Å². The fraction of sp³-hybridized carbons (Fsp3) is 0.250. The number of carbonyl (C=O) groups excluding carboxylic acids is 2. The van der Waals surface area contributed by atoms with Gasteiger partial charge in [-0.15, -0.1) is 0 Å². The Balaban J connectivity index is 1.34. The number of nitrogens with zero attached hydrogens (tertiary/aromatic N) is 3. The molecule has 1 aliphatic rings. The molecule has 6 heteroatoms. The Hall–Kier alpha value is -3.54. The Kier molecular flexibility index (Phi) is 5.84. The second-order valence-corrected chi connectivity index (χ2v) is 7.34. The van der Waals surface area contributed by atoms with E-state index >= 15 is 0 Å². The van der Waals surface area contributed by atoms with Gasteiger partial charge in [-0.1, -0.05) is 24.3 Å². The van der Waals surface area contributed by atoms with E-state index in [1.807, 2.05) is 53.4 Å². The zero-order valence-electron chi connectivity index (χ0n) is 17.0. The summed E-state index contributed by atoms with van der Waals surface area (Å²) in [5.74, 6) is -0.648. The maximum atomic E-state index is 12.8. The van der Waals surface area contributed by atoms with E-state index in [0.29, 0.717) is 18.7 Å². The van der Waals surface area contributed by atoms with Gasteiger partial charge in [-0.05, 0) is 49.4 Å². The number of esters is 1. The highest BCUT2D eigenvalue weighted by Crippen LogP contribution is 2.17. The molecule has 1 saturated heterocycles. The molecule has 0 unspecified atom stereocenters. The summed E-state index contributed by atoms with van der Waals surface area (Å²) in [5, 5.41) is 0. The predicted molar refractivity (Wildman–Crippen MR) is 116 cm³/mol. The molecule has 1 fully saturated rings. The van der Waals surface area contributed by atoms with Crippen LogP contribution in [0.4, 0.5) is 5.69 Å². The first-order valence-corrected chi connectivity index (χ1v) is 10.1. The number of ether oxygens (including phenoxy) is 1. The van der Waals surface area contributed by atoms with Crippen LogP contribution in [0.15, 0.2) is 79.1 Å². The van der Waals surface area contributed by atoms with Crippen molar-refractivity contribution in [3.8, 4) is 5.69 Å². The van der Waals surface area contributed by atoms with Crippen molar-refractivity contribution in [3.63, 3.8) is 0 Å². The lowest BCUT2D eigenvalue weighted by Crippen LogP contribution is -2.51. The van der Waals surface area contributed by atoms with Crippen LogP contribution in [-0.2, 0) is 9.53 Å². The first kappa shape index (κ1) is 19.8. The molecule has 0 saturated carbocycles. The molecule has 4 rings (SSSR count). The molecular formula is C24H25N3O3. The molecule has 30 heavy (non-hydrogen) atoms. The van der Waals surface area contributed by atoms with Gasteiger partial charge >= 0.3 is 5.97 Å². The molecule has 1 aromatic heterocycles. The standard InChI is InChI=1S/C24H25N3O3/c1-19(23(28)27-16-14-26(15-17-27)21-9-3-2-4-10-21)30-24(29)20-8-7-11-22(18-20)25-12-5-6-13-25/h2-13,18-19H,14-17H2,1H3/t19-/m0/s1. The van der Waals surface area contributed by atoms with Crippen LogP contribution in [0.1, 0.15) is 17.3 Å². The van der Waals surface area contributed by atoms with E-state index in [9.17, 15) is 9.59 Å². The third-order valence-corrected chi connectivity index (χ3v) is 5.33. The van der Waals surface area contributed by atoms with Crippen molar-refractivity contribution in [1.82, 2.24) is 9.47 Å². The van der Waals surface area contributed by atoms with Gasteiger partial charge in [0.25, 0.3) is 5.91 Å². The quantitative estimate of drug-likeness (QED) is 0.613. The predicted octanol–water partition coefficient (Wildman–Crippen LogP) is 3.37. The molecule has 0 radical (unpaired) electrons. The maximum absolute atomic E-state index is 12.8. The minimum absolute atomic E-state index is 0.155. The van der Waals surface area contributed by atoms with Crippen molar-refractivity contribution in [1.29, 1.82) is 0 Å². The number of hydrogen-bond acceptors (Lipinski definition) is 4. The molecule has 1 amide bonds. The summed E-state index contributed by atoms with van der Waals surface area (Å²) in [7, 11) is 0. The lowest BCUT2D eigenvalue weighted by Gasteiger charge is -2.37. The molecule has 2 heterocycles. The van der Waals surface area contributed by atoms with E-state index in [2.05, 4.69) is 17.0 Å². The number of carbonyl (C=O) groups is 2. The van der Waals surface area contributed by atoms with Gasteiger partial charge in [-0.3, -0.25) is 4.79 Å². The van der Waals surface area contributed by atoms with Crippen molar-refractivity contribution in [3.05, 3.63) is 84.7 Å². The van der Waals surface area contributed by atoms with Gasteiger partial charge in [0.2, 0.25) is 0 Å². The number of amides is 1. The average molecular weight is 403 g/mol. The summed E-state index contributed by atoms with van der Waals surface area (Å²) < 4.78 is 7.40. The first-order chi connectivity index (χ1) is 14.6. The lowest BCUT2D eigenvalue weighted by molar-refractivity contribution is -0.140. The molecular weight excluding hydrogens is 378 g/mol. The Labute approximate surface area is 176 Å². The number of anilines is 1. The number of piperazine rings is 1. The Morgan fingerprint density at radius 1 is 0.833 bits per heavy atom. The number of rotatable bonds is 5. The molecule has 0 aliphatic carbocycles. The van der Waals surface area contributed by atoms with E-state index in [0.717, 1.165) is 24.5 Å². The Morgan fingerprint density at radius 3 is 2.20 bits per heavy atom. The zero-order valence-corrected chi connectivity index (χ0v) is 17.0. The van der Waals surface area contributed by atoms with Crippen molar-refractivity contribution >= 4 is 17.6 Å². The van der Waals surface area contributed by atoms with Crippen molar-refractivity contribution in [2.75, 3.05) is 31.1 Å². The van der Waals surface area contributed by atoms with Crippen LogP contribution >= 0.6 is 0 Å². The number of aromatic nitrogens is 1. The van der Waals surface area contributed by atoms with Gasteiger partial charge in [0.15, 0.2) is 6.10 Å². The van der Waals surface area contributed by atoms with Crippen LogP contribution in [0.3, 0.4) is 0 Å². The van der Waals surface area contributed by atoms with Crippen LogP contribution < -0.4 is 4.90 Å². The topological polar surface area (TPSA) is 54.8 Å². The van der Waals surface area contributed by atoms with Gasteiger partial charge in [0, 0.05) is 49.9 Å². The van der Waals surface area contributed by atoms with Gasteiger partial charge in [-0.25, -0.2) is 4.79 Å². The molecule has 0 spiro atoms. The summed E-state index contributed by atoms with van der Waals surface area (Å²) in [4.78, 5) is 29.4. The molecule has 0 bridgehead atoms. The molecule has 3 aromatic rings. The smallest absolute Gasteiger partial charge is 0.338 e. The van der Waals surface area contributed by atoms with Gasteiger partial charge in [0.05, 0.1) is 5.56 Å².